The summed E-state index contributed by atoms with van der Waals surface area (Å²) in [7, 11) is 0. The van der Waals surface area contributed by atoms with Crippen LogP contribution in [0, 0.1) is 0 Å². The molecule has 2 rings (SSSR count). The number of hydrogen-bond acceptors (Lipinski definition) is 3. The highest BCUT2D eigenvalue weighted by Gasteiger charge is 2.10. The number of unbranched alkanes of at least 4 members (excludes halogenated alkanes) is 8. The summed E-state index contributed by atoms with van der Waals surface area (Å²) in [5.41, 5.74) is 1.96. The van der Waals surface area contributed by atoms with E-state index >= 15 is 0 Å². The van der Waals surface area contributed by atoms with Gasteiger partial charge < -0.3 is 4.74 Å². The molecule has 0 N–H and O–H groups in total. The third-order valence-corrected chi connectivity index (χ3v) is 6.77. The van der Waals surface area contributed by atoms with Crippen molar-refractivity contribution in [3.8, 4) is 5.75 Å². The van der Waals surface area contributed by atoms with Gasteiger partial charge >= 0.3 is 0 Å². The number of hydrogen-bond donors (Lipinski definition) is 0. The van der Waals surface area contributed by atoms with Crippen LogP contribution in [-0.2, 0) is 6.42 Å². The molecule has 2 aromatic carbocycles. The first-order valence-electron chi connectivity index (χ1n) is 12.8. The van der Waals surface area contributed by atoms with Crippen molar-refractivity contribution in [1.82, 2.24) is 0 Å². The Labute approximate surface area is 204 Å². The van der Waals surface area contributed by atoms with E-state index in [-0.39, 0.29) is 11.7 Å². The van der Waals surface area contributed by atoms with Crippen molar-refractivity contribution in [3.05, 3.63) is 59.7 Å². The first kappa shape index (κ1) is 27.4. The fraction of sp³-hybridized carbons (Fsp3) is 0.552. The summed E-state index contributed by atoms with van der Waals surface area (Å²) in [6.45, 7) is 4.46. The topological polar surface area (TPSA) is 26.3 Å². The Morgan fingerprint density at radius 1 is 0.818 bits per heavy atom. The largest absolute Gasteiger partial charge is 0.491 e. The number of carbonyl (C=O) groups excluding carboxylic acids is 1. The minimum atomic E-state index is -0.942. The minimum Gasteiger partial charge on any atom is -0.491 e. The maximum atomic E-state index is 13.9. The van der Waals surface area contributed by atoms with Crippen LogP contribution in [0.15, 0.2) is 53.4 Å². The number of halogens is 1. The van der Waals surface area contributed by atoms with Gasteiger partial charge in [0.25, 0.3) is 0 Å². The molecular formula is C29H41FO2S. The quantitative estimate of drug-likeness (QED) is 0.169. The van der Waals surface area contributed by atoms with Gasteiger partial charge in [0, 0.05) is 10.5 Å². The van der Waals surface area contributed by atoms with E-state index in [4.69, 9.17) is 4.74 Å². The molecule has 182 valence electrons. The van der Waals surface area contributed by atoms with Crippen LogP contribution in [-0.4, -0.2) is 17.9 Å². The second-order valence-corrected chi connectivity index (χ2v) is 9.88. The summed E-state index contributed by atoms with van der Waals surface area (Å²) in [4.78, 5) is 13.6. The molecule has 1 unspecified atom stereocenters. The third-order valence-electron chi connectivity index (χ3n) is 5.84. The van der Waals surface area contributed by atoms with Gasteiger partial charge in [-0.05, 0) is 73.0 Å². The van der Waals surface area contributed by atoms with E-state index in [0.29, 0.717) is 17.7 Å². The molecule has 0 saturated heterocycles. The van der Waals surface area contributed by atoms with Crippen molar-refractivity contribution in [1.29, 1.82) is 0 Å². The second-order valence-electron chi connectivity index (χ2n) is 8.83. The normalized spacial score (nSPS) is 12.0. The molecule has 33 heavy (non-hydrogen) atoms. The lowest BCUT2D eigenvalue weighted by molar-refractivity contribution is 0.108. The first-order chi connectivity index (χ1) is 16.1. The summed E-state index contributed by atoms with van der Waals surface area (Å²) in [5, 5.41) is 0.00418. The van der Waals surface area contributed by atoms with E-state index in [9.17, 15) is 9.18 Å². The lowest BCUT2D eigenvalue weighted by Gasteiger charge is -2.11. The lowest BCUT2D eigenvalue weighted by Crippen LogP contribution is -2.12. The lowest BCUT2D eigenvalue weighted by atomic mass is 10.1. The Hall–Kier alpha value is -1.81. The van der Waals surface area contributed by atoms with Crippen molar-refractivity contribution < 1.29 is 13.9 Å². The highest BCUT2D eigenvalue weighted by molar-refractivity contribution is 8.14. The SMILES string of the molecule is CCCCCCCCc1ccc(SC(=O)c2ccc(OCC(F)CCCCCC)cc2)cc1. The maximum absolute atomic E-state index is 13.9. The van der Waals surface area contributed by atoms with E-state index in [1.165, 1.54) is 55.9 Å². The molecule has 0 spiro atoms. The van der Waals surface area contributed by atoms with Crippen molar-refractivity contribution in [2.24, 2.45) is 0 Å². The highest BCUT2D eigenvalue weighted by atomic mass is 32.2. The summed E-state index contributed by atoms with van der Waals surface area (Å²) < 4.78 is 19.5. The number of alkyl halides is 1. The molecule has 0 heterocycles. The van der Waals surface area contributed by atoms with Crippen LogP contribution in [0.5, 0.6) is 5.75 Å². The Morgan fingerprint density at radius 2 is 1.42 bits per heavy atom. The number of carbonyl (C=O) groups is 1. The average Bonchev–Trinajstić information content (AvgIpc) is 2.84. The molecule has 0 amide bonds. The molecule has 0 aliphatic carbocycles. The predicted octanol–water partition coefficient (Wildman–Crippen LogP) is 9.21. The maximum Gasteiger partial charge on any atom is 0.224 e. The van der Waals surface area contributed by atoms with Gasteiger partial charge in [0.2, 0.25) is 5.12 Å². The van der Waals surface area contributed by atoms with Gasteiger partial charge in [-0.2, -0.15) is 0 Å². The molecule has 0 bridgehead atoms. The van der Waals surface area contributed by atoms with Gasteiger partial charge in [-0.1, -0.05) is 83.8 Å². The van der Waals surface area contributed by atoms with Gasteiger partial charge in [-0.15, -0.1) is 0 Å². The molecular weight excluding hydrogens is 431 g/mol. The molecule has 0 fully saturated rings. The fourth-order valence-corrected chi connectivity index (χ4v) is 4.49. The van der Waals surface area contributed by atoms with Crippen LogP contribution in [0.3, 0.4) is 0 Å². The average molecular weight is 473 g/mol. The number of ether oxygens (including phenoxy) is 1. The van der Waals surface area contributed by atoms with E-state index < -0.39 is 6.17 Å². The molecule has 0 aromatic heterocycles. The first-order valence-corrected chi connectivity index (χ1v) is 13.6. The zero-order valence-electron chi connectivity index (χ0n) is 20.5. The number of rotatable bonds is 17. The van der Waals surface area contributed by atoms with Crippen LogP contribution in [0.4, 0.5) is 4.39 Å². The van der Waals surface area contributed by atoms with Crippen LogP contribution < -0.4 is 4.74 Å². The number of aryl methyl sites for hydroxylation is 1. The summed E-state index contributed by atoms with van der Waals surface area (Å²) in [6, 6.07) is 15.4. The van der Waals surface area contributed by atoms with Gasteiger partial charge in [0.05, 0.1) is 0 Å². The van der Waals surface area contributed by atoms with Gasteiger partial charge in [0.15, 0.2) is 0 Å². The van der Waals surface area contributed by atoms with Crippen LogP contribution >= 0.6 is 11.8 Å². The van der Waals surface area contributed by atoms with E-state index in [1.807, 2.05) is 12.1 Å². The summed E-state index contributed by atoms with van der Waals surface area (Å²) in [6.07, 6.45) is 12.8. The molecule has 4 heteroatoms. The smallest absolute Gasteiger partial charge is 0.224 e. The standard InChI is InChI=1S/C29H41FO2S/c1-3-5-7-9-10-11-13-24-15-21-28(22-16-24)33-29(31)25-17-19-27(20-18-25)32-23-26(30)14-12-8-6-4-2/h15-22,26H,3-14,23H2,1-2H3. The van der Waals surface area contributed by atoms with Crippen LogP contribution in [0.25, 0.3) is 0 Å². The van der Waals surface area contributed by atoms with Gasteiger partial charge in [-0.25, -0.2) is 4.39 Å². The number of benzene rings is 2. The molecule has 0 saturated carbocycles. The minimum absolute atomic E-state index is 0.00418. The van der Waals surface area contributed by atoms with Crippen LogP contribution in [0.2, 0.25) is 0 Å². The Kier molecular flexibility index (Phi) is 13.9. The van der Waals surface area contributed by atoms with E-state index in [2.05, 4.69) is 26.0 Å². The summed E-state index contributed by atoms with van der Waals surface area (Å²) in [5.74, 6) is 0.604. The molecule has 2 nitrogen and oxygen atoms in total. The molecule has 1 atom stereocenters. The molecule has 0 aliphatic rings. The zero-order chi connectivity index (χ0) is 23.7. The Morgan fingerprint density at radius 3 is 2.09 bits per heavy atom. The number of thioether (sulfide) groups is 1. The Balaban J connectivity index is 1.71. The van der Waals surface area contributed by atoms with Crippen molar-refractivity contribution in [2.45, 2.75) is 102 Å². The van der Waals surface area contributed by atoms with Crippen molar-refractivity contribution >= 4 is 16.9 Å². The summed E-state index contributed by atoms with van der Waals surface area (Å²) >= 11 is 1.24. The third kappa shape index (κ3) is 11.7. The molecule has 2 aromatic rings. The monoisotopic (exact) mass is 472 g/mol. The van der Waals surface area contributed by atoms with Crippen molar-refractivity contribution in [2.75, 3.05) is 6.61 Å². The fourth-order valence-electron chi connectivity index (χ4n) is 3.75. The van der Waals surface area contributed by atoms with Crippen LogP contribution in [0.1, 0.15) is 100 Å². The van der Waals surface area contributed by atoms with E-state index in [1.54, 1.807) is 24.3 Å². The molecule has 0 aliphatic heterocycles. The molecule has 0 radical (unpaired) electrons. The highest BCUT2D eigenvalue weighted by Crippen LogP contribution is 2.25. The van der Waals surface area contributed by atoms with Gasteiger partial charge in [0.1, 0.15) is 18.5 Å². The predicted molar refractivity (Wildman–Crippen MR) is 139 cm³/mol. The van der Waals surface area contributed by atoms with Gasteiger partial charge in [-0.3, -0.25) is 4.79 Å². The van der Waals surface area contributed by atoms with Crippen molar-refractivity contribution in [3.63, 3.8) is 0 Å². The Bertz CT molecular complexity index is 773. The zero-order valence-corrected chi connectivity index (χ0v) is 21.3. The second kappa shape index (κ2) is 16.7. The van der Waals surface area contributed by atoms with E-state index in [0.717, 1.165) is 37.0 Å².